The molecule has 0 saturated carbocycles. The zero-order chi connectivity index (χ0) is 14.0. The second kappa shape index (κ2) is 5.53. The first-order chi connectivity index (χ1) is 9.06. The van der Waals surface area contributed by atoms with Crippen LogP contribution in [0.1, 0.15) is 40.0 Å². The van der Waals surface area contributed by atoms with Crippen LogP contribution in [0, 0.1) is 6.92 Å². The van der Waals surface area contributed by atoms with Gasteiger partial charge in [0.25, 0.3) is 0 Å². The zero-order valence-electron chi connectivity index (χ0n) is 11.6. The summed E-state index contributed by atoms with van der Waals surface area (Å²) in [6.07, 6.45) is 0.874. The van der Waals surface area contributed by atoms with Gasteiger partial charge in [0.15, 0.2) is 6.29 Å². The number of methoxy groups -OCH3 is 1. The Bertz CT molecular complexity index is 602. The maximum atomic E-state index is 11.1. The third-order valence-electron chi connectivity index (χ3n) is 2.99. The summed E-state index contributed by atoms with van der Waals surface area (Å²) in [5.41, 5.74) is 2.86. The van der Waals surface area contributed by atoms with Crippen molar-refractivity contribution in [2.45, 2.75) is 26.7 Å². The van der Waals surface area contributed by atoms with Crippen LogP contribution in [-0.4, -0.2) is 18.4 Å². The van der Waals surface area contributed by atoms with E-state index in [-0.39, 0.29) is 0 Å². The van der Waals surface area contributed by atoms with Crippen LogP contribution in [0.5, 0.6) is 5.75 Å². The van der Waals surface area contributed by atoms with Gasteiger partial charge < -0.3 is 4.74 Å². The number of benzene rings is 1. The summed E-state index contributed by atoms with van der Waals surface area (Å²) in [6.45, 7) is 6.15. The minimum absolute atomic E-state index is 0.356. The summed E-state index contributed by atoms with van der Waals surface area (Å²) >= 11 is 1.42. The molecular formula is C15H17NO2S. The molecule has 2 rings (SSSR count). The van der Waals surface area contributed by atoms with Gasteiger partial charge >= 0.3 is 0 Å². The normalized spacial score (nSPS) is 10.8. The Labute approximate surface area is 117 Å². The number of hydrogen-bond donors (Lipinski definition) is 0. The summed E-state index contributed by atoms with van der Waals surface area (Å²) in [4.78, 5) is 16.2. The van der Waals surface area contributed by atoms with E-state index in [1.165, 1.54) is 11.3 Å². The lowest BCUT2D eigenvalue weighted by Crippen LogP contribution is -1.95. The quantitative estimate of drug-likeness (QED) is 0.790. The molecule has 2 aromatic rings. The molecule has 0 aliphatic heterocycles. The molecule has 0 saturated heterocycles. The molecule has 0 fully saturated rings. The highest BCUT2D eigenvalue weighted by atomic mass is 32.1. The topological polar surface area (TPSA) is 39.2 Å². The summed E-state index contributed by atoms with van der Waals surface area (Å²) < 4.78 is 5.37. The van der Waals surface area contributed by atoms with Gasteiger partial charge in [0.1, 0.15) is 5.75 Å². The van der Waals surface area contributed by atoms with E-state index in [2.05, 4.69) is 24.9 Å². The van der Waals surface area contributed by atoms with Gasteiger partial charge in [-0.15, -0.1) is 11.3 Å². The number of nitrogens with zero attached hydrogens (tertiary/aromatic N) is 1. The van der Waals surface area contributed by atoms with Gasteiger partial charge in [0.05, 0.1) is 22.7 Å². The average molecular weight is 275 g/mol. The minimum atomic E-state index is 0.356. The van der Waals surface area contributed by atoms with Crippen molar-refractivity contribution in [2.75, 3.05) is 7.11 Å². The lowest BCUT2D eigenvalue weighted by molar-refractivity contribution is 0.112. The molecule has 100 valence electrons. The van der Waals surface area contributed by atoms with Crippen LogP contribution in [0.4, 0.5) is 0 Å². The number of carbonyl (C=O) groups excluding carboxylic acids is 1. The Morgan fingerprint density at radius 2 is 2.11 bits per heavy atom. The SMILES string of the molecule is COc1ccc(-c2nc(C)sc2C=O)cc1C(C)C. The van der Waals surface area contributed by atoms with Gasteiger partial charge in [-0.1, -0.05) is 13.8 Å². The summed E-state index contributed by atoms with van der Waals surface area (Å²) in [5.74, 6) is 1.23. The maximum Gasteiger partial charge on any atom is 0.162 e. The number of rotatable bonds is 4. The Balaban J connectivity index is 2.56. The number of thiazole rings is 1. The fourth-order valence-corrected chi connectivity index (χ4v) is 2.83. The molecule has 1 aromatic heterocycles. The molecule has 0 aliphatic carbocycles. The predicted molar refractivity (Wildman–Crippen MR) is 78.3 cm³/mol. The van der Waals surface area contributed by atoms with E-state index in [4.69, 9.17) is 4.74 Å². The number of carbonyl (C=O) groups is 1. The van der Waals surface area contributed by atoms with Crippen LogP contribution in [0.25, 0.3) is 11.3 Å². The van der Waals surface area contributed by atoms with Gasteiger partial charge in [-0.25, -0.2) is 4.98 Å². The van der Waals surface area contributed by atoms with Crippen LogP contribution in [0.3, 0.4) is 0 Å². The van der Waals surface area contributed by atoms with Crippen LogP contribution in [0.15, 0.2) is 18.2 Å². The summed E-state index contributed by atoms with van der Waals surface area (Å²) in [7, 11) is 1.67. The molecule has 19 heavy (non-hydrogen) atoms. The van der Waals surface area contributed by atoms with E-state index < -0.39 is 0 Å². The van der Waals surface area contributed by atoms with Crippen molar-refractivity contribution in [1.82, 2.24) is 4.98 Å². The first-order valence-electron chi connectivity index (χ1n) is 6.17. The largest absolute Gasteiger partial charge is 0.496 e. The highest BCUT2D eigenvalue weighted by Gasteiger charge is 2.14. The van der Waals surface area contributed by atoms with Gasteiger partial charge in [0.2, 0.25) is 0 Å². The fourth-order valence-electron chi connectivity index (χ4n) is 2.06. The molecule has 3 nitrogen and oxygen atoms in total. The van der Waals surface area contributed by atoms with Gasteiger partial charge in [-0.05, 0) is 36.6 Å². The lowest BCUT2D eigenvalue weighted by atomic mass is 9.98. The smallest absolute Gasteiger partial charge is 0.162 e. The Kier molecular flexibility index (Phi) is 4.00. The van der Waals surface area contributed by atoms with E-state index in [1.807, 2.05) is 19.1 Å². The molecule has 0 bridgehead atoms. The molecule has 0 atom stereocenters. The van der Waals surface area contributed by atoms with Crippen molar-refractivity contribution >= 4 is 17.6 Å². The minimum Gasteiger partial charge on any atom is -0.496 e. The molecule has 0 spiro atoms. The van der Waals surface area contributed by atoms with E-state index in [1.54, 1.807) is 7.11 Å². The molecule has 0 aliphatic rings. The highest BCUT2D eigenvalue weighted by Crippen LogP contribution is 2.33. The van der Waals surface area contributed by atoms with E-state index >= 15 is 0 Å². The van der Waals surface area contributed by atoms with Crippen molar-refractivity contribution in [3.8, 4) is 17.0 Å². The van der Waals surface area contributed by atoms with Crippen molar-refractivity contribution in [2.24, 2.45) is 0 Å². The molecule has 4 heteroatoms. The highest BCUT2D eigenvalue weighted by molar-refractivity contribution is 7.13. The van der Waals surface area contributed by atoms with Crippen molar-refractivity contribution < 1.29 is 9.53 Å². The third-order valence-corrected chi connectivity index (χ3v) is 3.89. The van der Waals surface area contributed by atoms with Crippen molar-refractivity contribution in [3.05, 3.63) is 33.6 Å². The number of aromatic nitrogens is 1. The van der Waals surface area contributed by atoms with E-state index in [0.717, 1.165) is 33.9 Å². The number of ether oxygens (including phenoxy) is 1. The van der Waals surface area contributed by atoms with Gasteiger partial charge in [0, 0.05) is 5.56 Å². The van der Waals surface area contributed by atoms with Crippen molar-refractivity contribution in [1.29, 1.82) is 0 Å². The van der Waals surface area contributed by atoms with Crippen LogP contribution in [-0.2, 0) is 0 Å². The number of aryl methyl sites for hydroxylation is 1. The van der Waals surface area contributed by atoms with E-state index in [0.29, 0.717) is 10.8 Å². The third kappa shape index (κ3) is 2.68. The zero-order valence-corrected chi connectivity index (χ0v) is 12.4. The monoisotopic (exact) mass is 275 g/mol. The van der Waals surface area contributed by atoms with Crippen molar-refractivity contribution in [3.63, 3.8) is 0 Å². The Hall–Kier alpha value is -1.68. The molecule has 0 amide bonds. The number of hydrogen-bond acceptors (Lipinski definition) is 4. The van der Waals surface area contributed by atoms with Crippen LogP contribution >= 0.6 is 11.3 Å². The standard InChI is InChI=1S/C15H17NO2S/c1-9(2)12-7-11(5-6-13(12)18-4)15-14(8-17)19-10(3)16-15/h5-9H,1-4H3. The Morgan fingerprint density at radius 1 is 1.37 bits per heavy atom. The first kappa shape index (κ1) is 13.7. The maximum absolute atomic E-state index is 11.1. The second-order valence-electron chi connectivity index (χ2n) is 4.68. The molecule has 1 aromatic carbocycles. The van der Waals surface area contributed by atoms with Crippen LogP contribution < -0.4 is 4.74 Å². The van der Waals surface area contributed by atoms with E-state index in [9.17, 15) is 4.79 Å². The fraction of sp³-hybridized carbons (Fsp3) is 0.333. The average Bonchev–Trinajstić information content (AvgIpc) is 2.79. The summed E-state index contributed by atoms with van der Waals surface area (Å²) in [5, 5.41) is 0.902. The van der Waals surface area contributed by atoms with Crippen LogP contribution in [0.2, 0.25) is 0 Å². The molecule has 0 N–H and O–H groups in total. The second-order valence-corrected chi connectivity index (χ2v) is 5.91. The number of aldehydes is 1. The Morgan fingerprint density at radius 3 is 2.68 bits per heavy atom. The molecule has 0 radical (unpaired) electrons. The first-order valence-corrected chi connectivity index (χ1v) is 6.99. The molecule has 1 heterocycles. The van der Waals surface area contributed by atoms with Gasteiger partial charge in [-0.3, -0.25) is 4.79 Å². The predicted octanol–water partition coefficient (Wildman–Crippen LogP) is 4.06. The lowest BCUT2D eigenvalue weighted by Gasteiger charge is -2.13. The molecular weight excluding hydrogens is 258 g/mol. The summed E-state index contributed by atoms with van der Waals surface area (Å²) in [6, 6.07) is 5.95. The molecule has 0 unspecified atom stereocenters. The van der Waals surface area contributed by atoms with Gasteiger partial charge in [-0.2, -0.15) is 0 Å².